The number of hydrogen-bond donors (Lipinski definition) is 2. The number of benzene rings is 2. The monoisotopic (exact) mass is 418 g/mol. The molecule has 28 heavy (non-hydrogen) atoms. The van der Waals surface area contributed by atoms with E-state index in [9.17, 15) is 13.2 Å². The lowest BCUT2D eigenvalue weighted by Gasteiger charge is -2.12. The standard InChI is InChI=1S/C18H18N4O4S2/c1-12(2)16(23)19-17-20-21-18(27-17)28(24,25)22-14-10-6-7-11-15(14)26-13-8-4-3-5-9-13/h3-12,22H,1-2H3,(H,19,20,23). The Labute approximate surface area is 166 Å². The van der Waals surface area contributed by atoms with E-state index in [-0.39, 0.29) is 27.0 Å². The predicted octanol–water partition coefficient (Wildman–Crippen LogP) is 3.73. The Kier molecular flexibility index (Phi) is 5.90. The minimum atomic E-state index is -4.00. The fourth-order valence-electron chi connectivity index (χ4n) is 2.06. The summed E-state index contributed by atoms with van der Waals surface area (Å²) in [6.45, 7) is 3.44. The minimum Gasteiger partial charge on any atom is -0.455 e. The molecule has 0 fully saturated rings. The van der Waals surface area contributed by atoms with Gasteiger partial charge in [0.1, 0.15) is 5.75 Å². The zero-order valence-corrected chi connectivity index (χ0v) is 16.8. The molecule has 2 aromatic carbocycles. The molecular weight excluding hydrogens is 400 g/mol. The molecule has 0 radical (unpaired) electrons. The number of nitrogens with zero attached hydrogens (tertiary/aromatic N) is 2. The first-order valence-corrected chi connectivity index (χ1v) is 10.6. The molecule has 2 N–H and O–H groups in total. The van der Waals surface area contributed by atoms with Crippen LogP contribution in [0.3, 0.4) is 0 Å². The lowest BCUT2D eigenvalue weighted by atomic mass is 10.2. The van der Waals surface area contributed by atoms with E-state index in [0.717, 1.165) is 11.3 Å². The Balaban J connectivity index is 1.80. The summed E-state index contributed by atoms with van der Waals surface area (Å²) in [4.78, 5) is 11.7. The number of aromatic nitrogens is 2. The number of para-hydroxylation sites is 3. The summed E-state index contributed by atoms with van der Waals surface area (Å²) in [5.74, 6) is 0.387. The van der Waals surface area contributed by atoms with Crippen LogP contribution in [0.4, 0.5) is 10.8 Å². The van der Waals surface area contributed by atoms with Gasteiger partial charge in [0.05, 0.1) is 5.69 Å². The van der Waals surface area contributed by atoms with Crippen LogP contribution in [0.15, 0.2) is 58.9 Å². The van der Waals surface area contributed by atoms with Crippen molar-refractivity contribution in [3.8, 4) is 11.5 Å². The van der Waals surface area contributed by atoms with Gasteiger partial charge in [0.15, 0.2) is 5.75 Å². The molecule has 0 atom stereocenters. The number of amides is 1. The van der Waals surface area contributed by atoms with E-state index in [1.165, 1.54) is 0 Å². The summed E-state index contributed by atoms with van der Waals surface area (Å²) < 4.78 is 33.3. The van der Waals surface area contributed by atoms with Crippen molar-refractivity contribution in [1.29, 1.82) is 0 Å². The largest absolute Gasteiger partial charge is 0.455 e. The maximum absolute atomic E-state index is 12.7. The number of nitrogens with one attached hydrogen (secondary N) is 2. The van der Waals surface area contributed by atoms with Crippen molar-refractivity contribution >= 4 is 38.1 Å². The summed E-state index contributed by atoms with van der Waals surface area (Å²) in [7, 11) is -4.00. The number of anilines is 2. The Morgan fingerprint density at radius 2 is 1.71 bits per heavy atom. The minimum absolute atomic E-state index is 0.118. The second kappa shape index (κ2) is 8.36. The zero-order chi connectivity index (χ0) is 20.1. The van der Waals surface area contributed by atoms with Crippen molar-refractivity contribution < 1.29 is 17.9 Å². The molecule has 0 unspecified atom stereocenters. The number of hydrogen-bond acceptors (Lipinski definition) is 7. The second-order valence-corrected chi connectivity index (χ2v) is 8.87. The van der Waals surface area contributed by atoms with Crippen LogP contribution >= 0.6 is 11.3 Å². The van der Waals surface area contributed by atoms with Crippen LogP contribution in [0, 0.1) is 5.92 Å². The highest BCUT2D eigenvalue weighted by molar-refractivity contribution is 7.94. The van der Waals surface area contributed by atoms with E-state index in [2.05, 4.69) is 20.2 Å². The van der Waals surface area contributed by atoms with Crippen LogP contribution in [-0.2, 0) is 14.8 Å². The number of ether oxygens (including phenoxy) is 1. The molecule has 0 bridgehead atoms. The van der Waals surface area contributed by atoms with Crippen LogP contribution < -0.4 is 14.8 Å². The summed E-state index contributed by atoms with van der Waals surface area (Å²) in [6.07, 6.45) is 0. The van der Waals surface area contributed by atoms with E-state index in [4.69, 9.17) is 4.74 Å². The lowest BCUT2D eigenvalue weighted by molar-refractivity contribution is -0.118. The van der Waals surface area contributed by atoms with E-state index in [0.29, 0.717) is 11.5 Å². The van der Waals surface area contributed by atoms with Gasteiger partial charge in [-0.05, 0) is 24.3 Å². The number of sulfonamides is 1. The van der Waals surface area contributed by atoms with Crippen LogP contribution in [0.25, 0.3) is 0 Å². The fourth-order valence-corrected chi connectivity index (χ4v) is 4.04. The van der Waals surface area contributed by atoms with Gasteiger partial charge in [0.25, 0.3) is 14.4 Å². The molecule has 3 rings (SSSR count). The molecule has 1 amide bonds. The van der Waals surface area contributed by atoms with Crippen molar-refractivity contribution in [2.75, 3.05) is 10.0 Å². The van der Waals surface area contributed by atoms with Gasteiger partial charge in [0.2, 0.25) is 11.0 Å². The van der Waals surface area contributed by atoms with E-state index < -0.39 is 10.0 Å². The third-order valence-electron chi connectivity index (χ3n) is 3.49. The maximum atomic E-state index is 12.7. The Hall–Kier alpha value is -2.98. The summed E-state index contributed by atoms with van der Waals surface area (Å²) in [6, 6.07) is 15.7. The van der Waals surface area contributed by atoms with Gasteiger partial charge in [-0.15, -0.1) is 10.2 Å². The summed E-state index contributed by atoms with van der Waals surface area (Å²) in [5.41, 5.74) is 0.259. The number of carbonyl (C=O) groups excluding carboxylic acids is 1. The molecule has 1 heterocycles. The van der Waals surface area contributed by atoms with Gasteiger partial charge in [-0.1, -0.05) is 55.5 Å². The Bertz CT molecular complexity index is 1070. The highest BCUT2D eigenvalue weighted by Crippen LogP contribution is 2.31. The number of carbonyl (C=O) groups is 1. The van der Waals surface area contributed by atoms with Crippen molar-refractivity contribution in [2.45, 2.75) is 18.2 Å². The molecule has 0 spiro atoms. The third kappa shape index (κ3) is 4.84. The molecule has 0 aliphatic carbocycles. The van der Waals surface area contributed by atoms with Crippen LogP contribution in [0.1, 0.15) is 13.8 Å². The SMILES string of the molecule is CC(C)C(=O)Nc1nnc(S(=O)(=O)Nc2ccccc2Oc2ccccc2)s1. The fraction of sp³-hybridized carbons (Fsp3) is 0.167. The van der Waals surface area contributed by atoms with Gasteiger partial charge < -0.3 is 10.1 Å². The van der Waals surface area contributed by atoms with Crippen LogP contribution in [0.5, 0.6) is 11.5 Å². The topological polar surface area (TPSA) is 110 Å². The van der Waals surface area contributed by atoms with Crippen LogP contribution in [-0.4, -0.2) is 24.5 Å². The van der Waals surface area contributed by atoms with Gasteiger partial charge in [-0.25, -0.2) is 0 Å². The Morgan fingerprint density at radius 1 is 1.04 bits per heavy atom. The second-order valence-electron chi connectivity index (χ2n) is 6.03. The number of rotatable bonds is 7. The summed E-state index contributed by atoms with van der Waals surface area (Å²) >= 11 is 0.769. The van der Waals surface area contributed by atoms with E-state index >= 15 is 0 Å². The normalized spacial score (nSPS) is 11.2. The molecule has 0 saturated carbocycles. The molecule has 146 valence electrons. The van der Waals surface area contributed by atoms with Gasteiger partial charge in [0, 0.05) is 5.92 Å². The highest BCUT2D eigenvalue weighted by Gasteiger charge is 2.23. The average Bonchev–Trinajstić information content (AvgIpc) is 3.13. The average molecular weight is 419 g/mol. The van der Waals surface area contributed by atoms with Crippen molar-refractivity contribution in [2.24, 2.45) is 5.92 Å². The van der Waals surface area contributed by atoms with Crippen LogP contribution in [0.2, 0.25) is 0 Å². The molecule has 1 aromatic heterocycles. The first-order chi connectivity index (χ1) is 13.3. The van der Waals surface area contributed by atoms with Crippen molar-refractivity contribution in [3.05, 3.63) is 54.6 Å². The first-order valence-electron chi connectivity index (χ1n) is 8.34. The predicted molar refractivity (Wildman–Crippen MR) is 107 cm³/mol. The Morgan fingerprint density at radius 3 is 2.43 bits per heavy atom. The smallest absolute Gasteiger partial charge is 0.291 e. The first kappa shape index (κ1) is 19.8. The van der Waals surface area contributed by atoms with Gasteiger partial charge >= 0.3 is 0 Å². The molecule has 10 heteroatoms. The highest BCUT2D eigenvalue weighted by atomic mass is 32.2. The summed E-state index contributed by atoms with van der Waals surface area (Å²) in [5, 5.41) is 10.0. The molecule has 0 saturated heterocycles. The van der Waals surface area contributed by atoms with Gasteiger partial charge in [-0.2, -0.15) is 8.42 Å². The lowest BCUT2D eigenvalue weighted by Crippen LogP contribution is -2.17. The molecular formula is C18H18N4O4S2. The molecule has 3 aromatic rings. The third-order valence-corrected chi connectivity index (χ3v) is 6.06. The molecule has 0 aliphatic heterocycles. The van der Waals surface area contributed by atoms with Gasteiger partial charge in [-0.3, -0.25) is 9.52 Å². The van der Waals surface area contributed by atoms with E-state index in [1.807, 2.05) is 18.2 Å². The molecule has 0 aliphatic rings. The van der Waals surface area contributed by atoms with E-state index in [1.54, 1.807) is 50.2 Å². The quantitative estimate of drug-likeness (QED) is 0.566. The van der Waals surface area contributed by atoms with Crippen molar-refractivity contribution in [3.63, 3.8) is 0 Å². The zero-order valence-electron chi connectivity index (χ0n) is 15.1. The molecule has 8 nitrogen and oxygen atoms in total. The maximum Gasteiger partial charge on any atom is 0.291 e. The van der Waals surface area contributed by atoms with Crippen molar-refractivity contribution in [1.82, 2.24) is 10.2 Å².